The molecule has 1 fully saturated rings. The van der Waals surface area contributed by atoms with E-state index in [0.717, 1.165) is 23.9 Å². The molecular formula is C23H35N3O2S. The molecule has 160 valence electrons. The second kappa shape index (κ2) is 8.50. The predicted octanol–water partition coefficient (Wildman–Crippen LogP) is 5.32. The summed E-state index contributed by atoms with van der Waals surface area (Å²) in [5.41, 5.74) is 1.92. The Bertz CT molecular complexity index is 933. The third-order valence-corrected chi connectivity index (χ3v) is 7.73. The van der Waals surface area contributed by atoms with Crippen molar-refractivity contribution in [2.45, 2.75) is 70.7 Å². The van der Waals surface area contributed by atoms with E-state index in [1.807, 2.05) is 12.3 Å². The van der Waals surface area contributed by atoms with Gasteiger partial charge >= 0.3 is 0 Å². The summed E-state index contributed by atoms with van der Waals surface area (Å²) in [6.07, 6.45) is 11.2. The SMILES string of the molecule is CC(CCC1C(C)CCCC1(C)C)Nc1cnn(-c2ccccc2S(C)(=O)=O)c1. The van der Waals surface area contributed by atoms with E-state index in [1.54, 1.807) is 29.1 Å². The van der Waals surface area contributed by atoms with Crippen LogP contribution in [-0.2, 0) is 9.84 Å². The molecule has 0 spiro atoms. The third kappa shape index (κ3) is 5.21. The van der Waals surface area contributed by atoms with E-state index in [1.165, 1.54) is 31.9 Å². The molecule has 29 heavy (non-hydrogen) atoms. The van der Waals surface area contributed by atoms with Crippen LogP contribution in [0.1, 0.15) is 59.8 Å². The molecule has 3 unspecified atom stereocenters. The lowest BCUT2D eigenvalue weighted by atomic mass is 9.62. The molecule has 1 aromatic heterocycles. The van der Waals surface area contributed by atoms with Crippen molar-refractivity contribution >= 4 is 15.5 Å². The molecule has 1 aliphatic carbocycles. The number of nitrogens with zero attached hydrogens (tertiary/aromatic N) is 2. The van der Waals surface area contributed by atoms with Crippen LogP contribution < -0.4 is 5.32 Å². The fourth-order valence-corrected chi connectivity index (χ4v) is 5.85. The zero-order chi connectivity index (χ0) is 21.2. The number of hydrogen-bond acceptors (Lipinski definition) is 4. The van der Waals surface area contributed by atoms with Crippen molar-refractivity contribution in [2.24, 2.45) is 17.3 Å². The highest BCUT2D eigenvalue weighted by Gasteiger charge is 2.36. The zero-order valence-corrected chi connectivity index (χ0v) is 19.2. The molecule has 0 amide bonds. The van der Waals surface area contributed by atoms with Gasteiger partial charge in [-0.2, -0.15) is 5.10 Å². The lowest BCUT2D eigenvalue weighted by Gasteiger charge is -2.43. The Hall–Kier alpha value is -1.82. The summed E-state index contributed by atoms with van der Waals surface area (Å²) >= 11 is 0. The monoisotopic (exact) mass is 417 g/mol. The van der Waals surface area contributed by atoms with Crippen molar-refractivity contribution in [3.8, 4) is 5.69 Å². The summed E-state index contributed by atoms with van der Waals surface area (Å²) in [4.78, 5) is 0.288. The van der Waals surface area contributed by atoms with Crippen LogP contribution in [0.5, 0.6) is 0 Å². The molecule has 0 saturated heterocycles. The maximum atomic E-state index is 12.1. The van der Waals surface area contributed by atoms with Crippen LogP contribution in [0.15, 0.2) is 41.6 Å². The maximum absolute atomic E-state index is 12.1. The largest absolute Gasteiger partial charge is 0.380 e. The quantitative estimate of drug-likeness (QED) is 0.662. The molecule has 0 radical (unpaired) electrons. The summed E-state index contributed by atoms with van der Waals surface area (Å²) < 4.78 is 25.8. The van der Waals surface area contributed by atoms with Crippen molar-refractivity contribution in [3.63, 3.8) is 0 Å². The summed E-state index contributed by atoms with van der Waals surface area (Å²) in [7, 11) is -3.31. The molecule has 0 bridgehead atoms. The number of nitrogens with one attached hydrogen (secondary N) is 1. The van der Waals surface area contributed by atoms with E-state index < -0.39 is 9.84 Å². The number of para-hydroxylation sites is 1. The number of hydrogen-bond donors (Lipinski definition) is 1. The van der Waals surface area contributed by atoms with Gasteiger partial charge in [0.25, 0.3) is 0 Å². The maximum Gasteiger partial charge on any atom is 0.177 e. The van der Waals surface area contributed by atoms with Crippen LogP contribution in [0.2, 0.25) is 0 Å². The molecule has 1 heterocycles. The molecule has 2 aromatic rings. The highest BCUT2D eigenvalue weighted by atomic mass is 32.2. The number of anilines is 1. The lowest BCUT2D eigenvalue weighted by Crippen LogP contribution is -2.34. The molecule has 5 nitrogen and oxygen atoms in total. The van der Waals surface area contributed by atoms with Crippen molar-refractivity contribution in [1.29, 1.82) is 0 Å². The van der Waals surface area contributed by atoms with E-state index in [4.69, 9.17) is 0 Å². The number of rotatable bonds is 7. The first kappa shape index (κ1) is 21.9. The summed E-state index contributed by atoms with van der Waals surface area (Å²) in [6.45, 7) is 9.47. The Balaban J connectivity index is 1.65. The van der Waals surface area contributed by atoms with Crippen LogP contribution in [0.4, 0.5) is 5.69 Å². The molecule has 1 aliphatic rings. The third-order valence-electron chi connectivity index (χ3n) is 6.59. The van der Waals surface area contributed by atoms with Crippen molar-refractivity contribution in [3.05, 3.63) is 36.7 Å². The fraction of sp³-hybridized carbons (Fsp3) is 0.609. The highest BCUT2D eigenvalue weighted by molar-refractivity contribution is 7.90. The van der Waals surface area contributed by atoms with E-state index >= 15 is 0 Å². The Labute approximate surface area is 175 Å². The van der Waals surface area contributed by atoms with Crippen LogP contribution in [0.3, 0.4) is 0 Å². The standard InChI is InChI=1S/C23H35N3O2S/c1-17-9-8-14-23(3,4)20(17)13-12-18(2)25-19-15-24-26(16-19)21-10-6-7-11-22(21)29(5,27)28/h6-7,10-11,15-18,20,25H,8-9,12-14H2,1-5H3. The van der Waals surface area contributed by atoms with Crippen molar-refractivity contribution in [1.82, 2.24) is 9.78 Å². The molecule has 6 heteroatoms. The topological polar surface area (TPSA) is 64.0 Å². The van der Waals surface area contributed by atoms with Gasteiger partial charge in [0.05, 0.1) is 28.7 Å². The van der Waals surface area contributed by atoms with Crippen LogP contribution >= 0.6 is 0 Å². The molecule has 3 rings (SSSR count). The van der Waals surface area contributed by atoms with Gasteiger partial charge < -0.3 is 5.32 Å². The first-order valence-corrected chi connectivity index (χ1v) is 12.6. The van der Waals surface area contributed by atoms with Gasteiger partial charge in [-0.1, -0.05) is 45.7 Å². The fourth-order valence-electron chi connectivity index (χ4n) is 4.99. The summed E-state index contributed by atoms with van der Waals surface area (Å²) in [5.74, 6) is 1.56. The smallest absolute Gasteiger partial charge is 0.177 e. The number of sulfone groups is 1. The Morgan fingerprint density at radius 3 is 2.72 bits per heavy atom. The lowest BCUT2D eigenvalue weighted by molar-refractivity contribution is 0.0739. The Morgan fingerprint density at radius 1 is 1.31 bits per heavy atom. The molecule has 1 N–H and O–H groups in total. The van der Waals surface area contributed by atoms with E-state index in [9.17, 15) is 8.42 Å². The first-order chi connectivity index (χ1) is 13.6. The number of aromatic nitrogens is 2. The van der Waals surface area contributed by atoms with E-state index in [0.29, 0.717) is 17.1 Å². The molecule has 0 aliphatic heterocycles. The van der Waals surface area contributed by atoms with Gasteiger partial charge in [-0.3, -0.25) is 0 Å². The van der Waals surface area contributed by atoms with Gasteiger partial charge in [-0.15, -0.1) is 0 Å². The van der Waals surface area contributed by atoms with Crippen LogP contribution in [0.25, 0.3) is 5.69 Å². The summed E-state index contributed by atoms with van der Waals surface area (Å²) in [5, 5.41) is 7.93. The molecule has 1 saturated carbocycles. The van der Waals surface area contributed by atoms with Gasteiger partial charge in [0.1, 0.15) is 0 Å². The minimum Gasteiger partial charge on any atom is -0.380 e. The normalized spacial score (nSPS) is 22.9. The second-order valence-electron chi connectivity index (χ2n) is 9.50. The first-order valence-electron chi connectivity index (χ1n) is 10.7. The van der Waals surface area contributed by atoms with Crippen LogP contribution in [0, 0.1) is 17.3 Å². The molecular weight excluding hydrogens is 382 g/mol. The Morgan fingerprint density at radius 2 is 2.03 bits per heavy atom. The second-order valence-corrected chi connectivity index (χ2v) is 11.5. The number of benzene rings is 1. The van der Waals surface area contributed by atoms with E-state index in [-0.39, 0.29) is 4.90 Å². The minimum atomic E-state index is -3.31. The van der Waals surface area contributed by atoms with E-state index in [2.05, 4.69) is 38.1 Å². The van der Waals surface area contributed by atoms with Gasteiger partial charge in [-0.25, -0.2) is 13.1 Å². The van der Waals surface area contributed by atoms with Crippen molar-refractivity contribution in [2.75, 3.05) is 11.6 Å². The average Bonchev–Trinajstić information content (AvgIpc) is 3.08. The Kier molecular flexibility index (Phi) is 6.42. The van der Waals surface area contributed by atoms with Gasteiger partial charge in [0, 0.05) is 12.3 Å². The van der Waals surface area contributed by atoms with Crippen molar-refractivity contribution < 1.29 is 8.42 Å². The van der Waals surface area contributed by atoms with Gasteiger partial charge in [-0.05, 0) is 55.6 Å². The average molecular weight is 418 g/mol. The van der Waals surface area contributed by atoms with Gasteiger partial charge in [0.15, 0.2) is 9.84 Å². The van der Waals surface area contributed by atoms with Crippen LogP contribution in [-0.4, -0.2) is 30.5 Å². The zero-order valence-electron chi connectivity index (χ0n) is 18.4. The minimum absolute atomic E-state index is 0.288. The molecule has 1 aromatic carbocycles. The summed E-state index contributed by atoms with van der Waals surface area (Å²) in [6, 6.07) is 7.30. The highest BCUT2D eigenvalue weighted by Crippen LogP contribution is 2.46. The predicted molar refractivity (Wildman–Crippen MR) is 119 cm³/mol. The molecule has 3 atom stereocenters. The van der Waals surface area contributed by atoms with Gasteiger partial charge in [0.2, 0.25) is 0 Å².